The van der Waals surface area contributed by atoms with Gasteiger partial charge in [0.05, 0.1) is 23.8 Å². The van der Waals surface area contributed by atoms with Crippen molar-refractivity contribution in [3.63, 3.8) is 0 Å². The second-order valence-electron chi connectivity index (χ2n) is 7.87. The van der Waals surface area contributed by atoms with Gasteiger partial charge in [-0.05, 0) is 48.9 Å². The highest BCUT2D eigenvalue weighted by Gasteiger charge is 2.27. The summed E-state index contributed by atoms with van der Waals surface area (Å²) >= 11 is 11.8. The van der Waals surface area contributed by atoms with Crippen LogP contribution in [0.3, 0.4) is 0 Å². The molecule has 8 nitrogen and oxygen atoms in total. The van der Waals surface area contributed by atoms with E-state index < -0.39 is 0 Å². The third-order valence-corrected chi connectivity index (χ3v) is 6.12. The van der Waals surface area contributed by atoms with Gasteiger partial charge in [-0.1, -0.05) is 35.3 Å². The van der Waals surface area contributed by atoms with Crippen LogP contribution in [0, 0.1) is 0 Å². The van der Waals surface area contributed by atoms with E-state index >= 15 is 0 Å². The van der Waals surface area contributed by atoms with Crippen LogP contribution in [0.25, 0.3) is 0 Å². The van der Waals surface area contributed by atoms with E-state index in [1.807, 2.05) is 19.1 Å². The first-order valence-electron chi connectivity index (χ1n) is 10.7. The molecule has 1 amide bonds. The zero-order valence-corrected chi connectivity index (χ0v) is 20.3. The molecule has 0 spiro atoms. The molecule has 4 rings (SSSR count). The maximum absolute atomic E-state index is 13.2. The van der Waals surface area contributed by atoms with Crippen LogP contribution in [0.2, 0.25) is 10.0 Å². The molecule has 10 heteroatoms. The fourth-order valence-corrected chi connectivity index (χ4v) is 3.98. The summed E-state index contributed by atoms with van der Waals surface area (Å²) in [7, 11) is 1.40. The number of anilines is 1. The number of carbonyl (C=O) groups is 1. The molecule has 2 heterocycles. The average Bonchev–Trinajstić information content (AvgIpc) is 2.84. The first-order chi connectivity index (χ1) is 16.4. The molecule has 1 aliphatic rings. The Hall–Kier alpha value is -3.23. The van der Waals surface area contributed by atoms with E-state index in [0.717, 1.165) is 10.3 Å². The summed E-state index contributed by atoms with van der Waals surface area (Å²) in [6.45, 7) is 2.39. The van der Waals surface area contributed by atoms with Crippen molar-refractivity contribution < 1.29 is 14.4 Å². The molecular formula is C24H24Cl2N4O4. The third kappa shape index (κ3) is 5.29. The molecule has 3 aromatic rings. The van der Waals surface area contributed by atoms with Crippen molar-refractivity contribution in [1.82, 2.24) is 14.6 Å². The predicted octanol–water partition coefficient (Wildman–Crippen LogP) is 3.75. The number of carbonyl (C=O) groups excluding carboxylic acids is 1. The first kappa shape index (κ1) is 23.9. The van der Waals surface area contributed by atoms with Gasteiger partial charge < -0.3 is 19.8 Å². The van der Waals surface area contributed by atoms with E-state index in [0.29, 0.717) is 46.0 Å². The van der Waals surface area contributed by atoms with E-state index in [1.165, 1.54) is 7.11 Å². The summed E-state index contributed by atoms with van der Waals surface area (Å²) in [5.74, 6) is 0.631. The van der Waals surface area contributed by atoms with Crippen LogP contribution in [0.4, 0.5) is 5.95 Å². The van der Waals surface area contributed by atoms with Crippen LogP contribution in [0.15, 0.2) is 53.3 Å². The molecule has 0 saturated carbocycles. The van der Waals surface area contributed by atoms with Gasteiger partial charge in [-0.25, -0.2) is 4.98 Å². The van der Waals surface area contributed by atoms with E-state index in [4.69, 9.17) is 32.8 Å². The number of ether oxygens (including phenoxy) is 1. The Morgan fingerprint density at radius 3 is 2.41 bits per heavy atom. The van der Waals surface area contributed by atoms with E-state index in [-0.39, 0.29) is 30.7 Å². The molecular weight excluding hydrogens is 479 g/mol. The predicted molar refractivity (Wildman–Crippen MR) is 131 cm³/mol. The number of benzene rings is 2. The zero-order valence-electron chi connectivity index (χ0n) is 18.8. The summed E-state index contributed by atoms with van der Waals surface area (Å²) in [4.78, 5) is 37.4. The molecule has 1 aliphatic heterocycles. The van der Waals surface area contributed by atoms with Crippen LogP contribution in [-0.4, -0.2) is 40.8 Å². The highest BCUT2D eigenvalue weighted by Crippen LogP contribution is 2.22. The molecule has 1 unspecified atom stereocenters. The number of amides is 1. The highest BCUT2D eigenvalue weighted by molar-refractivity contribution is 6.30. The number of fused-ring (bicyclic) bond motifs is 1. The van der Waals surface area contributed by atoms with E-state index in [9.17, 15) is 9.59 Å². The van der Waals surface area contributed by atoms with Crippen molar-refractivity contribution in [3.05, 3.63) is 85.8 Å². The zero-order chi connectivity index (χ0) is 24.2. The summed E-state index contributed by atoms with van der Waals surface area (Å²) in [6, 6.07) is 14.1. The Labute approximate surface area is 207 Å². The summed E-state index contributed by atoms with van der Waals surface area (Å²) in [5.41, 5.74) is 1.70. The standard InChI is InChI=1S/C24H24Cl2N4O4/c1-15(16-3-5-17(25)6-4-16)27-24-28-21-11-12-29(13-20(21)23(32)30(24)33-2)22(31)14-34-19-9-7-18(26)8-10-19/h3-10,15H,11-14H2,1-2H3,(H,27,28). The molecule has 0 saturated heterocycles. The van der Waals surface area contributed by atoms with Crippen molar-refractivity contribution in [2.24, 2.45) is 0 Å². The Bertz CT molecular complexity index is 1230. The number of nitrogens with one attached hydrogen (secondary N) is 1. The minimum Gasteiger partial charge on any atom is -0.484 e. The lowest BCUT2D eigenvalue weighted by Crippen LogP contribution is -2.44. The second-order valence-corrected chi connectivity index (χ2v) is 8.74. The monoisotopic (exact) mass is 502 g/mol. The maximum atomic E-state index is 13.2. The van der Waals surface area contributed by atoms with Gasteiger partial charge in [-0.15, -0.1) is 4.73 Å². The Morgan fingerprint density at radius 2 is 1.76 bits per heavy atom. The summed E-state index contributed by atoms with van der Waals surface area (Å²) in [5, 5.41) is 4.47. The van der Waals surface area contributed by atoms with Gasteiger partial charge in [0.25, 0.3) is 11.5 Å². The van der Waals surface area contributed by atoms with Gasteiger partial charge in [-0.3, -0.25) is 9.59 Å². The van der Waals surface area contributed by atoms with Crippen LogP contribution < -0.4 is 20.5 Å². The number of aromatic nitrogens is 2. The van der Waals surface area contributed by atoms with Crippen LogP contribution in [0.5, 0.6) is 5.75 Å². The van der Waals surface area contributed by atoms with E-state index in [2.05, 4.69) is 10.3 Å². The summed E-state index contributed by atoms with van der Waals surface area (Å²) in [6.07, 6.45) is 0.450. The fourth-order valence-electron chi connectivity index (χ4n) is 3.73. The molecule has 2 aromatic carbocycles. The van der Waals surface area contributed by atoms with Crippen LogP contribution in [0.1, 0.15) is 29.8 Å². The SMILES string of the molecule is COn1c(NC(C)c2ccc(Cl)cc2)nc2c(c1=O)CN(C(=O)COc1ccc(Cl)cc1)CC2. The molecule has 1 aromatic heterocycles. The van der Waals surface area contributed by atoms with Crippen LogP contribution >= 0.6 is 23.2 Å². The molecule has 1 N–H and O–H groups in total. The maximum Gasteiger partial charge on any atom is 0.293 e. The first-order valence-corrected chi connectivity index (χ1v) is 11.5. The third-order valence-electron chi connectivity index (χ3n) is 5.62. The van der Waals surface area contributed by atoms with Crippen LogP contribution in [-0.2, 0) is 17.8 Å². The second kappa shape index (κ2) is 10.4. The van der Waals surface area contributed by atoms with Crippen molar-refractivity contribution in [2.45, 2.75) is 25.9 Å². The van der Waals surface area contributed by atoms with Gasteiger partial charge in [0.15, 0.2) is 6.61 Å². The minimum atomic E-state index is -0.352. The number of halogens is 2. The van der Waals surface area contributed by atoms with Crippen molar-refractivity contribution in [3.8, 4) is 5.75 Å². The smallest absolute Gasteiger partial charge is 0.293 e. The molecule has 34 heavy (non-hydrogen) atoms. The fraction of sp³-hybridized carbons (Fsp3) is 0.292. The highest BCUT2D eigenvalue weighted by atomic mass is 35.5. The Kier molecular flexibility index (Phi) is 7.29. The Balaban J connectivity index is 1.48. The quantitative estimate of drug-likeness (QED) is 0.529. The topological polar surface area (TPSA) is 85.7 Å². The largest absolute Gasteiger partial charge is 0.484 e. The van der Waals surface area contributed by atoms with Gasteiger partial charge in [0.1, 0.15) is 12.9 Å². The molecule has 0 aliphatic carbocycles. The van der Waals surface area contributed by atoms with Gasteiger partial charge in [-0.2, -0.15) is 0 Å². The van der Waals surface area contributed by atoms with Gasteiger partial charge >= 0.3 is 0 Å². The van der Waals surface area contributed by atoms with Crippen molar-refractivity contribution >= 4 is 35.1 Å². The van der Waals surface area contributed by atoms with Gasteiger partial charge in [0.2, 0.25) is 5.95 Å². The normalized spacial score (nSPS) is 13.7. The molecule has 0 radical (unpaired) electrons. The van der Waals surface area contributed by atoms with Gasteiger partial charge in [0, 0.05) is 23.0 Å². The van der Waals surface area contributed by atoms with E-state index in [1.54, 1.807) is 41.3 Å². The number of rotatable bonds is 7. The van der Waals surface area contributed by atoms with Crippen molar-refractivity contribution in [2.75, 3.05) is 25.6 Å². The minimum absolute atomic E-state index is 0.138. The number of hydrogen-bond acceptors (Lipinski definition) is 6. The summed E-state index contributed by atoms with van der Waals surface area (Å²) < 4.78 is 6.67. The van der Waals surface area contributed by atoms with Crippen molar-refractivity contribution in [1.29, 1.82) is 0 Å². The molecule has 0 fully saturated rings. The average molecular weight is 503 g/mol. The molecule has 1 atom stereocenters. The number of hydrogen-bond donors (Lipinski definition) is 1. The lowest BCUT2D eigenvalue weighted by Gasteiger charge is -2.29. The lowest BCUT2D eigenvalue weighted by atomic mass is 10.1. The lowest BCUT2D eigenvalue weighted by molar-refractivity contribution is -0.134. The molecule has 178 valence electrons. The Morgan fingerprint density at radius 1 is 1.12 bits per heavy atom. The number of nitrogens with zero attached hydrogens (tertiary/aromatic N) is 3. The molecule has 0 bridgehead atoms.